The molecule has 3 rings (SSSR count). The summed E-state index contributed by atoms with van der Waals surface area (Å²) in [7, 11) is -4.04. The fourth-order valence-corrected chi connectivity index (χ4v) is 3.81. The zero-order valence-corrected chi connectivity index (χ0v) is 15.2. The summed E-state index contributed by atoms with van der Waals surface area (Å²) >= 11 is 0. The number of hydrogen-bond acceptors (Lipinski definition) is 5. The van der Waals surface area contributed by atoms with Gasteiger partial charge in [-0.05, 0) is 48.5 Å². The number of benzene rings is 1. The molecule has 0 atom stereocenters. The normalized spacial score (nSPS) is 12.3. The smallest absolute Gasteiger partial charge is 0.468 e. The molecule has 0 spiro atoms. The Labute approximate surface area is 159 Å². The lowest BCUT2D eigenvalue weighted by atomic mass is 10.3. The van der Waals surface area contributed by atoms with Crippen molar-refractivity contribution in [3.8, 4) is 5.75 Å². The van der Waals surface area contributed by atoms with E-state index in [9.17, 15) is 21.6 Å². The summed E-state index contributed by atoms with van der Waals surface area (Å²) in [6, 6.07) is 12.4. The van der Waals surface area contributed by atoms with Crippen LogP contribution in [-0.2, 0) is 23.1 Å². The summed E-state index contributed by atoms with van der Waals surface area (Å²) < 4.78 is 73.1. The Morgan fingerprint density at radius 3 is 2.32 bits per heavy atom. The van der Waals surface area contributed by atoms with Gasteiger partial charge in [-0.1, -0.05) is 6.07 Å². The van der Waals surface area contributed by atoms with Crippen molar-refractivity contribution in [3.05, 3.63) is 78.5 Å². The highest BCUT2D eigenvalue weighted by molar-refractivity contribution is 7.89. The zero-order valence-electron chi connectivity index (χ0n) is 14.3. The Balaban J connectivity index is 1.88. The average molecular weight is 412 g/mol. The molecule has 0 aliphatic carbocycles. The van der Waals surface area contributed by atoms with Gasteiger partial charge in [0.25, 0.3) is 0 Å². The number of halogens is 3. The minimum Gasteiger partial charge on any atom is -0.468 e. The molecule has 1 aromatic carbocycles. The Morgan fingerprint density at radius 2 is 1.75 bits per heavy atom. The molecule has 0 fully saturated rings. The average Bonchev–Trinajstić information content (AvgIpc) is 3.14. The second-order valence-corrected chi connectivity index (χ2v) is 7.63. The molecule has 3 aromatic rings. The van der Waals surface area contributed by atoms with Gasteiger partial charge in [0.15, 0.2) is 0 Å². The van der Waals surface area contributed by atoms with Crippen LogP contribution in [0.15, 0.2) is 76.4 Å². The van der Waals surface area contributed by atoms with E-state index in [1.165, 1.54) is 12.5 Å². The number of pyridine rings is 1. The maximum absolute atomic E-state index is 13.1. The van der Waals surface area contributed by atoms with Crippen molar-refractivity contribution in [1.29, 1.82) is 0 Å². The predicted octanol–water partition coefficient (Wildman–Crippen LogP) is 3.96. The second kappa shape index (κ2) is 8.03. The Kier molecular flexibility index (Phi) is 5.71. The monoisotopic (exact) mass is 412 g/mol. The van der Waals surface area contributed by atoms with Gasteiger partial charge in [-0.25, -0.2) is 8.42 Å². The SMILES string of the molecule is O=S(=O)(c1ccc(OC(F)(F)F)cc1)N(Cc1ccccn1)Cc1ccco1. The van der Waals surface area contributed by atoms with E-state index >= 15 is 0 Å². The van der Waals surface area contributed by atoms with Gasteiger partial charge in [0.2, 0.25) is 10.0 Å². The van der Waals surface area contributed by atoms with E-state index in [0.717, 1.165) is 28.6 Å². The number of sulfonamides is 1. The standard InChI is InChI=1S/C18H15F3N2O4S/c19-18(20,21)27-15-6-8-17(9-7-15)28(24,25)23(13-16-5-3-11-26-16)12-14-4-1-2-10-22-14/h1-11H,12-13H2. The number of alkyl halides is 3. The number of aromatic nitrogens is 1. The highest BCUT2D eigenvalue weighted by Gasteiger charge is 2.31. The lowest BCUT2D eigenvalue weighted by Crippen LogP contribution is -2.30. The molecule has 0 aliphatic heterocycles. The van der Waals surface area contributed by atoms with Gasteiger partial charge in [0.05, 0.1) is 29.9 Å². The topological polar surface area (TPSA) is 72.6 Å². The lowest BCUT2D eigenvalue weighted by molar-refractivity contribution is -0.274. The van der Waals surface area contributed by atoms with E-state index in [0.29, 0.717) is 11.5 Å². The molecule has 0 N–H and O–H groups in total. The minimum absolute atomic E-state index is 0.0370. The molecule has 148 valence electrons. The van der Waals surface area contributed by atoms with E-state index in [2.05, 4.69) is 9.72 Å². The van der Waals surface area contributed by atoms with Crippen molar-refractivity contribution >= 4 is 10.0 Å². The highest BCUT2D eigenvalue weighted by atomic mass is 32.2. The Bertz CT molecular complexity index is 990. The Morgan fingerprint density at radius 1 is 1.00 bits per heavy atom. The summed E-state index contributed by atoms with van der Waals surface area (Å²) in [6.07, 6.45) is -1.90. The van der Waals surface area contributed by atoms with E-state index in [-0.39, 0.29) is 18.0 Å². The van der Waals surface area contributed by atoms with Crippen LogP contribution in [0.5, 0.6) is 5.75 Å². The quantitative estimate of drug-likeness (QED) is 0.587. The molecule has 0 bridgehead atoms. The Hall–Kier alpha value is -2.85. The van der Waals surface area contributed by atoms with Crippen LogP contribution in [0.2, 0.25) is 0 Å². The first-order chi connectivity index (χ1) is 13.2. The van der Waals surface area contributed by atoms with Crippen molar-refractivity contribution in [1.82, 2.24) is 9.29 Å². The predicted molar refractivity (Wildman–Crippen MR) is 92.5 cm³/mol. The number of nitrogens with zero attached hydrogens (tertiary/aromatic N) is 2. The summed E-state index contributed by atoms with van der Waals surface area (Å²) in [4.78, 5) is 3.95. The van der Waals surface area contributed by atoms with Gasteiger partial charge in [-0.15, -0.1) is 13.2 Å². The molecule has 0 saturated heterocycles. The van der Waals surface area contributed by atoms with Crippen LogP contribution in [0.4, 0.5) is 13.2 Å². The number of ether oxygens (including phenoxy) is 1. The third-order valence-corrected chi connectivity index (χ3v) is 5.48. The molecular formula is C18H15F3N2O4S. The largest absolute Gasteiger partial charge is 0.573 e. The molecule has 10 heteroatoms. The second-order valence-electron chi connectivity index (χ2n) is 5.69. The van der Waals surface area contributed by atoms with Gasteiger partial charge in [0, 0.05) is 6.20 Å². The van der Waals surface area contributed by atoms with Gasteiger partial charge >= 0.3 is 6.36 Å². The molecule has 0 radical (unpaired) electrons. The van der Waals surface area contributed by atoms with E-state index < -0.39 is 22.1 Å². The molecule has 0 unspecified atom stereocenters. The maximum atomic E-state index is 13.1. The fourth-order valence-electron chi connectivity index (χ4n) is 2.44. The first-order valence-corrected chi connectivity index (χ1v) is 9.46. The van der Waals surface area contributed by atoms with Crippen molar-refractivity contribution < 1.29 is 30.7 Å². The number of furan rings is 1. The molecule has 0 aliphatic rings. The van der Waals surface area contributed by atoms with Crippen molar-refractivity contribution in [2.45, 2.75) is 24.3 Å². The van der Waals surface area contributed by atoms with Crippen LogP contribution in [0.25, 0.3) is 0 Å². The minimum atomic E-state index is -4.86. The van der Waals surface area contributed by atoms with Crippen LogP contribution >= 0.6 is 0 Å². The molecule has 2 heterocycles. The lowest BCUT2D eigenvalue weighted by Gasteiger charge is -2.21. The highest BCUT2D eigenvalue weighted by Crippen LogP contribution is 2.26. The van der Waals surface area contributed by atoms with Gasteiger partial charge in [0.1, 0.15) is 11.5 Å². The van der Waals surface area contributed by atoms with Crippen LogP contribution in [0, 0.1) is 0 Å². The molecule has 0 saturated carbocycles. The molecular weight excluding hydrogens is 397 g/mol. The third kappa shape index (κ3) is 5.11. The maximum Gasteiger partial charge on any atom is 0.573 e. The van der Waals surface area contributed by atoms with Gasteiger partial charge in [-0.2, -0.15) is 4.31 Å². The first-order valence-electron chi connectivity index (χ1n) is 8.02. The molecule has 28 heavy (non-hydrogen) atoms. The van der Waals surface area contributed by atoms with Crippen LogP contribution in [0.3, 0.4) is 0 Å². The number of rotatable bonds is 7. The van der Waals surface area contributed by atoms with E-state index in [1.54, 1.807) is 30.3 Å². The van der Waals surface area contributed by atoms with Crippen molar-refractivity contribution in [2.24, 2.45) is 0 Å². The van der Waals surface area contributed by atoms with Crippen molar-refractivity contribution in [2.75, 3.05) is 0 Å². The summed E-state index contributed by atoms with van der Waals surface area (Å²) in [5, 5.41) is 0. The first kappa shape index (κ1) is 19.9. The van der Waals surface area contributed by atoms with E-state index in [4.69, 9.17) is 4.42 Å². The molecule has 6 nitrogen and oxygen atoms in total. The fraction of sp³-hybridized carbons (Fsp3) is 0.167. The van der Waals surface area contributed by atoms with Gasteiger partial charge < -0.3 is 9.15 Å². The summed E-state index contributed by atoms with van der Waals surface area (Å²) in [5.74, 6) is -0.0923. The zero-order chi connectivity index (χ0) is 20.2. The number of hydrogen-bond donors (Lipinski definition) is 0. The van der Waals surface area contributed by atoms with Crippen LogP contribution in [-0.4, -0.2) is 24.1 Å². The van der Waals surface area contributed by atoms with Gasteiger partial charge in [-0.3, -0.25) is 4.98 Å². The van der Waals surface area contributed by atoms with E-state index in [1.807, 2.05) is 0 Å². The van der Waals surface area contributed by atoms with Crippen LogP contribution in [0.1, 0.15) is 11.5 Å². The molecule has 0 amide bonds. The van der Waals surface area contributed by atoms with Crippen LogP contribution < -0.4 is 4.74 Å². The summed E-state index contributed by atoms with van der Waals surface area (Å²) in [6.45, 7) is -0.0998. The van der Waals surface area contributed by atoms with Crippen molar-refractivity contribution in [3.63, 3.8) is 0 Å². The summed E-state index contributed by atoms with van der Waals surface area (Å²) in [5.41, 5.74) is 0.509. The molecule has 2 aromatic heterocycles. The third-order valence-electron chi connectivity index (χ3n) is 3.67.